The molecule has 0 amide bonds. The van der Waals surface area contributed by atoms with Gasteiger partial charge < -0.3 is 18.9 Å². The molecule has 1 fully saturated rings. The van der Waals surface area contributed by atoms with Crippen molar-refractivity contribution in [1.29, 1.82) is 0 Å². The molecule has 0 spiro atoms. The van der Waals surface area contributed by atoms with Gasteiger partial charge in [0.2, 0.25) is 5.70 Å². The summed E-state index contributed by atoms with van der Waals surface area (Å²) in [5.74, 6) is 2.14. The molecule has 41 heavy (non-hydrogen) atoms. The lowest BCUT2D eigenvalue weighted by Gasteiger charge is -2.34. The van der Waals surface area contributed by atoms with Crippen molar-refractivity contribution in [3.8, 4) is 28.6 Å². The third-order valence-corrected chi connectivity index (χ3v) is 7.68. The maximum Gasteiger partial charge on any atom is 0.331 e. The highest BCUT2D eigenvalue weighted by molar-refractivity contribution is 6.29. The van der Waals surface area contributed by atoms with Gasteiger partial charge in [0.1, 0.15) is 17.4 Å². The number of aliphatic imine (C=N–C) groups is 1. The van der Waals surface area contributed by atoms with Crippen molar-refractivity contribution in [1.82, 2.24) is 14.8 Å². The number of hydrogen-bond donors (Lipinski definition) is 0. The number of carbonyl (C=O) groups excluding carboxylic acids is 1. The highest BCUT2D eigenvalue weighted by atomic mass is 16.5. The van der Waals surface area contributed by atoms with Gasteiger partial charge in [0.05, 0.1) is 39.2 Å². The van der Waals surface area contributed by atoms with Crippen LogP contribution >= 0.6 is 0 Å². The number of aromatic nitrogens is 3. The van der Waals surface area contributed by atoms with Crippen molar-refractivity contribution < 1.29 is 23.7 Å². The highest BCUT2D eigenvalue weighted by Gasteiger charge is 2.40. The number of benzene rings is 2. The Bertz CT molecular complexity index is 1590. The average Bonchev–Trinajstić information content (AvgIpc) is 3.52. The van der Waals surface area contributed by atoms with Gasteiger partial charge in [-0.3, -0.25) is 0 Å². The largest absolute Gasteiger partial charge is 0.496 e. The van der Waals surface area contributed by atoms with Crippen LogP contribution in [0.2, 0.25) is 0 Å². The van der Waals surface area contributed by atoms with Crippen molar-refractivity contribution in [2.75, 3.05) is 21.3 Å². The molecular weight excluding hydrogens is 522 g/mol. The van der Waals surface area contributed by atoms with Crippen molar-refractivity contribution in [3.63, 3.8) is 0 Å². The molecule has 2 aromatic carbocycles. The summed E-state index contributed by atoms with van der Waals surface area (Å²) < 4.78 is 23.9. The Hall–Kier alpha value is -4.65. The second-order valence-electron chi connectivity index (χ2n) is 10.4. The molecule has 0 saturated heterocycles. The van der Waals surface area contributed by atoms with E-state index in [0.29, 0.717) is 34.3 Å². The van der Waals surface area contributed by atoms with Crippen LogP contribution in [-0.4, -0.2) is 54.0 Å². The van der Waals surface area contributed by atoms with Crippen LogP contribution in [0.5, 0.6) is 17.2 Å². The van der Waals surface area contributed by atoms with Gasteiger partial charge in [-0.2, -0.15) is 0 Å². The molecule has 0 bridgehead atoms. The number of allylic oxidation sites excluding steroid dienone is 1. The van der Waals surface area contributed by atoms with Crippen molar-refractivity contribution >= 4 is 23.1 Å². The molecule has 0 radical (unpaired) electrons. The first-order valence-electron chi connectivity index (χ1n) is 13.6. The summed E-state index contributed by atoms with van der Waals surface area (Å²) in [6, 6.07) is 10.8. The van der Waals surface area contributed by atoms with E-state index in [4.69, 9.17) is 40.6 Å². The summed E-state index contributed by atoms with van der Waals surface area (Å²) in [4.78, 5) is 27.0. The zero-order chi connectivity index (χ0) is 29.3. The van der Waals surface area contributed by atoms with E-state index in [1.807, 2.05) is 25.1 Å². The van der Waals surface area contributed by atoms with Crippen molar-refractivity contribution in [2.45, 2.75) is 46.1 Å². The number of aryl methyl sites for hydroxylation is 1. The molecule has 1 aliphatic heterocycles. The second kappa shape index (κ2) is 11.5. The minimum Gasteiger partial charge on any atom is -0.496 e. The third-order valence-electron chi connectivity index (χ3n) is 7.68. The quantitative estimate of drug-likeness (QED) is 0.265. The van der Waals surface area contributed by atoms with Crippen LogP contribution < -0.4 is 14.2 Å². The van der Waals surface area contributed by atoms with E-state index in [-0.39, 0.29) is 40.9 Å². The molecule has 10 nitrogen and oxygen atoms in total. The Morgan fingerprint density at radius 1 is 1.00 bits per heavy atom. The lowest BCUT2D eigenvalue weighted by Crippen LogP contribution is -2.35. The minimum atomic E-state index is -0.601. The van der Waals surface area contributed by atoms with Crippen LogP contribution in [0.3, 0.4) is 0 Å². The van der Waals surface area contributed by atoms with Crippen LogP contribution in [0.1, 0.15) is 44.5 Å². The van der Waals surface area contributed by atoms with Gasteiger partial charge in [0, 0.05) is 6.07 Å². The van der Waals surface area contributed by atoms with Gasteiger partial charge in [-0.05, 0) is 55.9 Å². The van der Waals surface area contributed by atoms with E-state index in [1.165, 1.54) is 11.8 Å². The number of carbonyl (C=O) groups is 1. The molecule has 3 aromatic rings. The Labute approximate surface area is 239 Å². The number of fused-ring (bicyclic) bond motifs is 1. The van der Waals surface area contributed by atoms with E-state index in [2.05, 4.69) is 18.7 Å². The molecule has 5 rings (SSSR count). The summed E-state index contributed by atoms with van der Waals surface area (Å²) in [6.07, 6.45) is 2.81. The first-order chi connectivity index (χ1) is 19.8. The average molecular weight is 556 g/mol. The highest BCUT2D eigenvalue weighted by Crippen LogP contribution is 2.38. The molecule has 2 atom stereocenters. The second-order valence-corrected chi connectivity index (χ2v) is 10.4. The lowest BCUT2D eigenvalue weighted by atomic mass is 9.80. The summed E-state index contributed by atoms with van der Waals surface area (Å²) in [5.41, 5.74) is 2.21. The maximum atomic E-state index is 13.8. The van der Waals surface area contributed by atoms with E-state index >= 15 is 0 Å². The Morgan fingerprint density at radius 2 is 1.68 bits per heavy atom. The van der Waals surface area contributed by atoms with Crippen LogP contribution in [0.15, 0.2) is 47.1 Å². The SMILES string of the molecule is [C-]#[N+]C1=C(C(=O)OC2C(C)CCCC2C)c2nc(-c3cc(C)ccc3OC)nn2C1=Nc1ccc(OC)c(OC)c1. The minimum absolute atomic E-state index is 0.0265. The van der Waals surface area contributed by atoms with Gasteiger partial charge in [-0.15, -0.1) is 5.10 Å². The Morgan fingerprint density at radius 3 is 2.34 bits per heavy atom. The molecule has 2 aliphatic rings. The van der Waals surface area contributed by atoms with Gasteiger partial charge in [0.25, 0.3) is 0 Å². The fourth-order valence-electron chi connectivity index (χ4n) is 5.53. The third kappa shape index (κ3) is 5.15. The predicted octanol–water partition coefficient (Wildman–Crippen LogP) is 5.87. The fraction of sp³-hybridized carbons (Fsp3) is 0.387. The molecule has 0 N–H and O–H groups in total. The van der Waals surface area contributed by atoms with E-state index in [0.717, 1.165) is 24.8 Å². The first-order valence-corrected chi connectivity index (χ1v) is 13.6. The van der Waals surface area contributed by atoms with E-state index in [1.54, 1.807) is 32.4 Å². The van der Waals surface area contributed by atoms with E-state index in [9.17, 15) is 4.79 Å². The molecule has 212 valence electrons. The lowest BCUT2D eigenvalue weighted by molar-refractivity contribution is -0.149. The monoisotopic (exact) mass is 555 g/mol. The first kappa shape index (κ1) is 27.9. The van der Waals surface area contributed by atoms with Crippen molar-refractivity contribution in [2.24, 2.45) is 16.8 Å². The topological polar surface area (TPSA) is 101 Å². The zero-order valence-corrected chi connectivity index (χ0v) is 24.1. The normalized spacial score (nSPS) is 20.9. The Balaban J connectivity index is 1.67. The maximum absolute atomic E-state index is 13.8. The summed E-state index contributed by atoms with van der Waals surface area (Å²) in [7, 11) is 4.66. The predicted molar refractivity (Wildman–Crippen MR) is 154 cm³/mol. The van der Waals surface area contributed by atoms with Gasteiger partial charge >= 0.3 is 5.97 Å². The number of hydrogen-bond acceptors (Lipinski definition) is 8. The van der Waals surface area contributed by atoms with Crippen LogP contribution in [0.4, 0.5) is 5.69 Å². The number of ether oxygens (including phenoxy) is 4. The number of rotatable bonds is 7. The standard InChI is InChI=1S/C31H33N5O5/c1-17-11-13-22(38-5)21(15-17)28-34-29-25(31(37)41-27-18(2)9-8-10-19(27)3)26(32-4)30(36(29)35-28)33-20-12-14-23(39-6)24(16-20)40-7/h11-16,18-19,27H,8-10H2,1-3,5-7H3. The van der Waals surface area contributed by atoms with Gasteiger partial charge in [-0.25, -0.2) is 24.3 Å². The van der Waals surface area contributed by atoms with Crippen LogP contribution in [-0.2, 0) is 9.53 Å². The summed E-state index contributed by atoms with van der Waals surface area (Å²) in [6.45, 7) is 14.2. The van der Waals surface area contributed by atoms with Crippen molar-refractivity contribution in [3.05, 3.63) is 64.9 Å². The fourth-order valence-corrected chi connectivity index (χ4v) is 5.53. The smallest absolute Gasteiger partial charge is 0.331 e. The van der Waals surface area contributed by atoms with Gasteiger partial charge in [-0.1, -0.05) is 31.9 Å². The summed E-state index contributed by atoms with van der Waals surface area (Å²) >= 11 is 0. The number of methoxy groups -OCH3 is 3. The molecule has 1 aliphatic carbocycles. The molecule has 1 aromatic heterocycles. The van der Waals surface area contributed by atoms with Gasteiger partial charge in [0.15, 0.2) is 29.0 Å². The molecule has 10 heteroatoms. The molecule has 2 heterocycles. The summed E-state index contributed by atoms with van der Waals surface area (Å²) in [5, 5.41) is 4.72. The van der Waals surface area contributed by atoms with Crippen LogP contribution in [0.25, 0.3) is 21.8 Å². The van der Waals surface area contributed by atoms with E-state index < -0.39 is 5.97 Å². The zero-order valence-electron chi connectivity index (χ0n) is 24.1. The molecule has 1 saturated carbocycles. The number of nitrogens with zero attached hydrogens (tertiary/aromatic N) is 5. The van der Waals surface area contributed by atoms with Crippen LogP contribution in [0, 0.1) is 25.3 Å². The molecular formula is C31H33N5O5. The molecule has 2 unspecified atom stereocenters. The number of esters is 1. The Kier molecular flexibility index (Phi) is 7.79.